The fourth-order valence-corrected chi connectivity index (χ4v) is 3.79. The molecule has 19 heavy (non-hydrogen) atoms. The second kappa shape index (κ2) is 6.71. The number of aliphatic hydroxyl groups is 1. The summed E-state index contributed by atoms with van der Waals surface area (Å²) in [6.07, 6.45) is 4.65. The first kappa shape index (κ1) is 14.8. The Hall–Kier alpha value is -0.610. The Kier molecular flexibility index (Phi) is 5.22. The number of fused-ring (bicyclic) bond motifs is 1. The smallest absolute Gasteiger partial charge is 0.310 e. The number of hydrogen-bond acceptors (Lipinski definition) is 4. The van der Waals surface area contributed by atoms with Gasteiger partial charge in [0, 0.05) is 12.6 Å². The average Bonchev–Trinajstić information content (AvgIpc) is 2.38. The number of carbonyl (C=O) groups is 1. The van der Waals surface area contributed by atoms with Crippen molar-refractivity contribution in [2.24, 2.45) is 11.8 Å². The molecule has 0 radical (unpaired) electrons. The van der Waals surface area contributed by atoms with E-state index in [-0.39, 0.29) is 18.0 Å². The molecule has 0 spiro atoms. The van der Waals surface area contributed by atoms with E-state index in [2.05, 4.69) is 11.8 Å². The maximum Gasteiger partial charge on any atom is 0.310 e. The molecule has 0 bridgehead atoms. The van der Waals surface area contributed by atoms with Crippen LogP contribution in [0.3, 0.4) is 0 Å². The van der Waals surface area contributed by atoms with Gasteiger partial charge in [-0.3, -0.25) is 9.69 Å². The van der Waals surface area contributed by atoms with Crippen LogP contribution in [-0.4, -0.2) is 47.8 Å². The molecule has 0 unspecified atom stereocenters. The summed E-state index contributed by atoms with van der Waals surface area (Å²) in [5.74, 6) is 0.402. The van der Waals surface area contributed by atoms with Gasteiger partial charge >= 0.3 is 5.97 Å². The van der Waals surface area contributed by atoms with Crippen LogP contribution in [0.25, 0.3) is 0 Å². The third-order valence-electron chi connectivity index (χ3n) is 4.56. The molecule has 1 heterocycles. The van der Waals surface area contributed by atoms with E-state index in [1.54, 1.807) is 0 Å². The predicted octanol–water partition coefficient (Wildman–Crippen LogP) is 1.81. The third-order valence-corrected chi connectivity index (χ3v) is 4.56. The number of esters is 1. The lowest BCUT2D eigenvalue weighted by Gasteiger charge is -2.47. The highest BCUT2D eigenvalue weighted by atomic mass is 16.5. The van der Waals surface area contributed by atoms with Crippen LogP contribution in [0.4, 0.5) is 0 Å². The second-order valence-corrected chi connectivity index (χ2v) is 5.97. The highest BCUT2D eigenvalue weighted by molar-refractivity contribution is 5.72. The number of hydrogen-bond donors (Lipinski definition) is 1. The fourth-order valence-electron chi connectivity index (χ4n) is 3.79. The van der Waals surface area contributed by atoms with Crippen molar-refractivity contribution in [3.05, 3.63) is 0 Å². The minimum atomic E-state index is -0.175. The predicted molar refractivity (Wildman–Crippen MR) is 73.7 cm³/mol. The molecule has 1 saturated heterocycles. The molecule has 4 heteroatoms. The Balaban J connectivity index is 2.04. The summed E-state index contributed by atoms with van der Waals surface area (Å²) in [4.78, 5) is 14.5. The molecule has 4 nitrogen and oxygen atoms in total. The fraction of sp³-hybridized carbons (Fsp3) is 0.933. The van der Waals surface area contributed by atoms with E-state index in [1.807, 2.05) is 6.92 Å². The molecule has 0 aromatic rings. The van der Waals surface area contributed by atoms with Crippen LogP contribution in [0.5, 0.6) is 0 Å². The van der Waals surface area contributed by atoms with Crippen molar-refractivity contribution in [1.29, 1.82) is 0 Å². The van der Waals surface area contributed by atoms with Crippen molar-refractivity contribution >= 4 is 5.97 Å². The second-order valence-electron chi connectivity index (χ2n) is 5.97. The number of piperidine rings is 1. The normalized spacial score (nSPS) is 35.7. The molecule has 1 saturated carbocycles. The van der Waals surface area contributed by atoms with Gasteiger partial charge in [-0.05, 0) is 51.5 Å². The van der Waals surface area contributed by atoms with E-state index in [9.17, 15) is 9.90 Å². The van der Waals surface area contributed by atoms with E-state index < -0.39 is 0 Å². The lowest BCUT2D eigenvalue weighted by atomic mass is 9.74. The van der Waals surface area contributed by atoms with Gasteiger partial charge in [0.05, 0.1) is 18.6 Å². The van der Waals surface area contributed by atoms with E-state index in [0.29, 0.717) is 18.6 Å². The van der Waals surface area contributed by atoms with E-state index >= 15 is 0 Å². The van der Waals surface area contributed by atoms with Crippen LogP contribution in [0, 0.1) is 11.8 Å². The van der Waals surface area contributed by atoms with Crippen molar-refractivity contribution < 1.29 is 14.6 Å². The Morgan fingerprint density at radius 1 is 1.32 bits per heavy atom. The molecular formula is C15H27NO3. The van der Waals surface area contributed by atoms with Gasteiger partial charge in [-0.1, -0.05) is 6.92 Å². The van der Waals surface area contributed by atoms with Crippen LogP contribution in [0.1, 0.15) is 46.0 Å². The van der Waals surface area contributed by atoms with Crippen LogP contribution in [0.15, 0.2) is 0 Å². The molecule has 1 N–H and O–H groups in total. The molecular weight excluding hydrogens is 242 g/mol. The summed E-state index contributed by atoms with van der Waals surface area (Å²) in [7, 11) is 0. The van der Waals surface area contributed by atoms with Gasteiger partial charge in [-0.2, -0.15) is 0 Å². The number of aliphatic hydroxyl groups excluding tert-OH is 1. The third kappa shape index (κ3) is 3.48. The summed E-state index contributed by atoms with van der Waals surface area (Å²) in [5, 5.41) is 9.86. The van der Waals surface area contributed by atoms with Gasteiger partial charge in [0.1, 0.15) is 0 Å². The zero-order valence-electron chi connectivity index (χ0n) is 12.2. The number of nitrogens with zero attached hydrogens (tertiary/aromatic N) is 1. The summed E-state index contributed by atoms with van der Waals surface area (Å²) < 4.78 is 5.19. The molecule has 4 atom stereocenters. The van der Waals surface area contributed by atoms with Crippen LogP contribution in [0.2, 0.25) is 0 Å². The van der Waals surface area contributed by atoms with Crippen molar-refractivity contribution in [3.8, 4) is 0 Å². The molecule has 0 amide bonds. The summed E-state index contributed by atoms with van der Waals surface area (Å²) >= 11 is 0. The SMILES string of the molecule is CCCN1C[C@H](C(=O)OCC)C[C@@H]2C[C@H](O)CC[C@@H]21. The van der Waals surface area contributed by atoms with Gasteiger partial charge in [-0.25, -0.2) is 0 Å². The molecule has 0 aromatic carbocycles. The highest BCUT2D eigenvalue weighted by Crippen LogP contribution is 2.38. The number of likely N-dealkylation sites (tertiary alicyclic amines) is 1. The molecule has 0 aromatic heterocycles. The van der Waals surface area contributed by atoms with Crippen molar-refractivity contribution in [1.82, 2.24) is 4.90 Å². The monoisotopic (exact) mass is 269 g/mol. The van der Waals surface area contributed by atoms with E-state index in [1.165, 1.54) is 0 Å². The lowest BCUT2D eigenvalue weighted by molar-refractivity contribution is -0.153. The maximum atomic E-state index is 12.0. The largest absolute Gasteiger partial charge is 0.466 e. The number of ether oxygens (including phenoxy) is 1. The Bertz CT molecular complexity index is 300. The highest BCUT2D eigenvalue weighted by Gasteiger charge is 2.41. The van der Waals surface area contributed by atoms with Crippen molar-refractivity contribution in [2.75, 3.05) is 19.7 Å². The number of carbonyl (C=O) groups excluding carboxylic acids is 1. The minimum Gasteiger partial charge on any atom is -0.466 e. The zero-order valence-corrected chi connectivity index (χ0v) is 12.2. The van der Waals surface area contributed by atoms with Gasteiger partial charge in [0.2, 0.25) is 0 Å². The quantitative estimate of drug-likeness (QED) is 0.791. The van der Waals surface area contributed by atoms with E-state index in [0.717, 1.165) is 45.2 Å². The first-order chi connectivity index (χ1) is 9.15. The first-order valence-electron chi connectivity index (χ1n) is 7.74. The van der Waals surface area contributed by atoms with Crippen LogP contribution >= 0.6 is 0 Å². The van der Waals surface area contributed by atoms with Gasteiger partial charge in [0.15, 0.2) is 0 Å². The molecule has 2 rings (SSSR count). The molecule has 2 aliphatic rings. The molecule has 2 fully saturated rings. The Morgan fingerprint density at radius 3 is 2.79 bits per heavy atom. The topological polar surface area (TPSA) is 49.8 Å². The van der Waals surface area contributed by atoms with E-state index in [4.69, 9.17) is 4.74 Å². The van der Waals surface area contributed by atoms with Gasteiger partial charge in [-0.15, -0.1) is 0 Å². The van der Waals surface area contributed by atoms with Gasteiger partial charge < -0.3 is 9.84 Å². The summed E-state index contributed by atoms with van der Waals surface area (Å²) in [6.45, 7) is 6.38. The minimum absolute atomic E-state index is 0.00181. The zero-order chi connectivity index (χ0) is 13.8. The summed E-state index contributed by atoms with van der Waals surface area (Å²) in [5.41, 5.74) is 0. The summed E-state index contributed by atoms with van der Waals surface area (Å²) in [6, 6.07) is 0.564. The average molecular weight is 269 g/mol. The molecule has 1 aliphatic heterocycles. The van der Waals surface area contributed by atoms with Crippen LogP contribution < -0.4 is 0 Å². The molecule has 110 valence electrons. The maximum absolute atomic E-state index is 12.0. The standard InChI is InChI=1S/C15H27NO3/c1-3-7-16-10-12(15(18)19-4-2)8-11-9-13(17)5-6-14(11)16/h11-14,17H,3-10H2,1-2H3/t11-,12-,13-,14+/m1/s1. The van der Waals surface area contributed by atoms with Crippen molar-refractivity contribution in [2.45, 2.75) is 58.1 Å². The number of rotatable bonds is 4. The Morgan fingerprint density at radius 2 is 2.11 bits per heavy atom. The van der Waals surface area contributed by atoms with Crippen molar-refractivity contribution in [3.63, 3.8) is 0 Å². The lowest BCUT2D eigenvalue weighted by Crippen LogP contribution is -2.53. The van der Waals surface area contributed by atoms with Gasteiger partial charge in [0.25, 0.3) is 0 Å². The van der Waals surface area contributed by atoms with Crippen LogP contribution in [-0.2, 0) is 9.53 Å². The molecule has 1 aliphatic carbocycles. The first-order valence-corrected chi connectivity index (χ1v) is 7.74. The Labute approximate surface area is 116 Å².